The van der Waals surface area contributed by atoms with Gasteiger partial charge >= 0.3 is 0 Å². The summed E-state index contributed by atoms with van der Waals surface area (Å²) in [5.41, 5.74) is 0.839. The molecule has 3 heterocycles. The van der Waals surface area contributed by atoms with Crippen LogP contribution in [0.5, 0.6) is 0 Å². The third-order valence-electron chi connectivity index (χ3n) is 4.40. The molecule has 0 saturated carbocycles. The van der Waals surface area contributed by atoms with E-state index in [1.165, 1.54) is 6.07 Å². The molecular formula is C16H21N5O2. The second-order valence-electron chi connectivity index (χ2n) is 6.17. The molecule has 122 valence electrons. The van der Waals surface area contributed by atoms with Crippen LogP contribution >= 0.6 is 0 Å². The first-order valence-electron chi connectivity index (χ1n) is 7.81. The van der Waals surface area contributed by atoms with E-state index < -0.39 is 0 Å². The van der Waals surface area contributed by atoms with Crippen molar-refractivity contribution in [3.63, 3.8) is 0 Å². The number of aryl methyl sites for hydroxylation is 3. The van der Waals surface area contributed by atoms with Gasteiger partial charge in [0.2, 0.25) is 0 Å². The summed E-state index contributed by atoms with van der Waals surface area (Å²) in [7, 11) is 1.83. The summed E-state index contributed by atoms with van der Waals surface area (Å²) in [5, 5.41) is 7.06. The molecule has 0 bridgehead atoms. The normalized spacial score (nSPS) is 18.2. The maximum absolute atomic E-state index is 12.7. The molecule has 0 aromatic carbocycles. The third-order valence-corrected chi connectivity index (χ3v) is 4.40. The van der Waals surface area contributed by atoms with Crippen molar-refractivity contribution in [2.24, 2.45) is 7.05 Å². The molecule has 2 aromatic rings. The molecule has 0 aliphatic carbocycles. The van der Waals surface area contributed by atoms with E-state index in [9.17, 15) is 9.59 Å². The fraction of sp³-hybridized carbons (Fsp3) is 0.500. The quantitative estimate of drug-likeness (QED) is 0.901. The first kappa shape index (κ1) is 15.5. The first-order chi connectivity index (χ1) is 11.0. The Morgan fingerprint density at radius 1 is 1.39 bits per heavy atom. The number of amides is 1. The highest BCUT2D eigenvalue weighted by Crippen LogP contribution is 2.25. The molecule has 7 nitrogen and oxygen atoms in total. The van der Waals surface area contributed by atoms with Crippen LogP contribution in [-0.2, 0) is 7.05 Å². The average molecular weight is 315 g/mol. The number of piperidine rings is 1. The summed E-state index contributed by atoms with van der Waals surface area (Å²) >= 11 is 0. The first-order valence-corrected chi connectivity index (χ1v) is 7.81. The van der Waals surface area contributed by atoms with Gasteiger partial charge in [0.05, 0.1) is 0 Å². The molecule has 1 N–H and O–H groups in total. The van der Waals surface area contributed by atoms with E-state index in [2.05, 4.69) is 15.2 Å². The molecule has 1 fully saturated rings. The van der Waals surface area contributed by atoms with E-state index in [1.807, 2.05) is 20.9 Å². The zero-order valence-electron chi connectivity index (χ0n) is 13.7. The summed E-state index contributed by atoms with van der Waals surface area (Å²) in [4.78, 5) is 31.0. The molecule has 23 heavy (non-hydrogen) atoms. The maximum atomic E-state index is 12.7. The predicted octanol–water partition coefficient (Wildman–Crippen LogP) is 1.14. The Kier molecular flexibility index (Phi) is 4.02. The highest BCUT2D eigenvalue weighted by molar-refractivity contribution is 5.94. The van der Waals surface area contributed by atoms with Gasteiger partial charge in [-0.3, -0.25) is 14.7 Å². The van der Waals surface area contributed by atoms with E-state index in [1.54, 1.807) is 15.7 Å². The van der Waals surface area contributed by atoms with Gasteiger partial charge in [0, 0.05) is 44.0 Å². The van der Waals surface area contributed by atoms with Crippen LogP contribution in [0.25, 0.3) is 0 Å². The zero-order chi connectivity index (χ0) is 16.6. The lowest BCUT2D eigenvalue weighted by molar-refractivity contribution is 0.0702. The van der Waals surface area contributed by atoms with Crippen LogP contribution in [-0.4, -0.2) is 43.6 Å². The Morgan fingerprint density at radius 3 is 2.87 bits per heavy atom. The van der Waals surface area contributed by atoms with Crippen molar-refractivity contribution in [1.82, 2.24) is 24.6 Å². The zero-order valence-corrected chi connectivity index (χ0v) is 13.7. The number of carbonyl (C=O) groups excluding carboxylic acids is 1. The standard InChI is InChI=1S/C16H21N5O2/c1-10-7-14(22)13(9-20(10)3)16(23)21-6-4-5-12(8-21)15-17-11(2)18-19-15/h7,9,12H,4-6,8H2,1-3H3,(H,17,18,19)/t12-/m1/s1. The number of hydrogen-bond donors (Lipinski definition) is 1. The minimum absolute atomic E-state index is 0.118. The Bertz CT molecular complexity index is 792. The number of H-pyrrole nitrogens is 1. The Morgan fingerprint density at radius 2 is 2.17 bits per heavy atom. The van der Waals surface area contributed by atoms with Crippen LogP contribution in [0, 0.1) is 13.8 Å². The highest BCUT2D eigenvalue weighted by Gasteiger charge is 2.28. The van der Waals surface area contributed by atoms with Crippen LogP contribution in [0.2, 0.25) is 0 Å². The number of rotatable bonds is 2. The van der Waals surface area contributed by atoms with E-state index in [4.69, 9.17) is 0 Å². The van der Waals surface area contributed by atoms with Gasteiger partial charge in [0.1, 0.15) is 11.4 Å². The lowest BCUT2D eigenvalue weighted by Gasteiger charge is -2.31. The van der Waals surface area contributed by atoms with Crippen molar-refractivity contribution in [2.75, 3.05) is 13.1 Å². The second kappa shape index (κ2) is 5.98. The van der Waals surface area contributed by atoms with Crippen LogP contribution in [0.1, 0.15) is 46.5 Å². The molecule has 1 aliphatic heterocycles. The van der Waals surface area contributed by atoms with Crippen LogP contribution in [0.4, 0.5) is 0 Å². The van der Waals surface area contributed by atoms with Crippen LogP contribution < -0.4 is 5.43 Å². The number of hydrogen-bond acceptors (Lipinski definition) is 4. The van der Waals surface area contributed by atoms with Gasteiger partial charge in [0.25, 0.3) is 5.91 Å². The fourth-order valence-electron chi connectivity index (χ4n) is 2.97. The van der Waals surface area contributed by atoms with Gasteiger partial charge in [-0.2, -0.15) is 5.10 Å². The molecule has 7 heteroatoms. The van der Waals surface area contributed by atoms with Crippen LogP contribution in [0.15, 0.2) is 17.1 Å². The Balaban J connectivity index is 1.82. The molecule has 0 spiro atoms. The lowest BCUT2D eigenvalue weighted by atomic mass is 9.97. The summed E-state index contributed by atoms with van der Waals surface area (Å²) in [6.45, 7) is 4.92. The number of nitrogens with zero attached hydrogens (tertiary/aromatic N) is 4. The second-order valence-corrected chi connectivity index (χ2v) is 6.17. The van der Waals surface area contributed by atoms with Crippen LogP contribution in [0.3, 0.4) is 0 Å². The Hall–Kier alpha value is -2.44. The molecule has 0 radical (unpaired) electrons. The number of likely N-dealkylation sites (tertiary alicyclic amines) is 1. The van der Waals surface area contributed by atoms with Gasteiger partial charge in [-0.1, -0.05) is 0 Å². The van der Waals surface area contributed by atoms with Crippen molar-refractivity contribution in [2.45, 2.75) is 32.6 Å². The van der Waals surface area contributed by atoms with E-state index in [0.29, 0.717) is 13.1 Å². The van der Waals surface area contributed by atoms with Gasteiger partial charge in [-0.15, -0.1) is 0 Å². The number of aromatic nitrogens is 4. The summed E-state index contributed by atoms with van der Waals surface area (Å²) in [6, 6.07) is 1.51. The van der Waals surface area contributed by atoms with Crippen molar-refractivity contribution in [3.05, 3.63) is 45.4 Å². The van der Waals surface area contributed by atoms with E-state index in [0.717, 1.165) is 30.2 Å². The number of pyridine rings is 1. The largest absolute Gasteiger partial charge is 0.354 e. The van der Waals surface area contributed by atoms with Crippen molar-refractivity contribution in [3.8, 4) is 0 Å². The topological polar surface area (TPSA) is 83.9 Å². The van der Waals surface area contributed by atoms with Gasteiger partial charge in [-0.25, -0.2) is 4.98 Å². The van der Waals surface area contributed by atoms with Gasteiger partial charge < -0.3 is 9.47 Å². The molecule has 1 saturated heterocycles. The van der Waals surface area contributed by atoms with Crippen molar-refractivity contribution in [1.29, 1.82) is 0 Å². The lowest BCUT2D eigenvalue weighted by Crippen LogP contribution is -2.41. The van der Waals surface area contributed by atoms with Gasteiger partial charge in [0.15, 0.2) is 11.3 Å². The molecule has 1 amide bonds. The molecule has 2 aromatic heterocycles. The number of nitrogens with one attached hydrogen (secondary N) is 1. The number of aromatic amines is 1. The van der Waals surface area contributed by atoms with Gasteiger partial charge in [-0.05, 0) is 26.7 Å². The summed E-state index contributed by atoms with van der Waals surface area (Å²) in [6.07, 6.45) is 3.46. The highest BCUT2D eigenvalue weighted by atomic mass is 16.2. The molecule has 3 rings (SSSR count). The smallest absolute Gasteiger partial charge is 0.259 e. The minimum atomic E-state index is -0.221. The average Bonchev–Trinajstić information content (AvgIpc) is 2.97. The molecule has 1 atom stereocenters. The monoisotopic (exact) mass is 315 g/mol. The van der Waals surface area contributed by atoms with Crippen molar-refractivity contribution < 1.29 is 4.79 Å². The maximum Gasteiger partial charge on any atom is 0.259 e. The Labute approximate surface area is 134 Å². The predicted molar refractivity (Wildman–Crippen MR) is 85.4 cm³/mol. The number of carbonyl (C=O) groups is 1. The molecule has 0 unspecified atom stereocenters. The summed E-state index contributed by atoms with van der Waals surface area (Å²) in [5.74, 6) is 1.43. The van der Waals surface area contributed by atoms with Crippen molar-refractivity contribution >= 4 is 5.91 Å². The third kappa shape index (κ3) is 3.04. The van der Waals surface area contributed by atoms with E-state index in [-0.39, 0.29) is 22.8 Å². The molecular weight excluding hydrogens is 294 g/mol. The minimum Gasteiger partial charge on any atom is -0.354 e. The SMILES string of the molecule is Cc1nc([C@@H]2CCCN(C(=O)c3cn(C)c(C)cc3=O)C2)n[nH]1. The fourth-order valence-corrected chi connectivity index (χ4v) is 2.97. The molecule has 1 aliphatic rings. The summed E-state index contributed by atoms with van der Waals surface area (Å²) < 4.78 is 1.80. The van der Waals surface area contributed by atoms with E-state index >= 15 is 0 Å².